The monoisotopic (exact) mass is 408 g/mol. The molecule has 3 aliphatic rings. The van der Waals surface area contributed by atoms with Crippen LogP contribution < -0.4 is 29.6 Å². The second-order valence-corrected chi connectivity index (χ2v) is 7.23. The summed E-state index contributed by atoms with van der Waals surface area (Å²) in [7, 11) is 0. The van der Waals surface area contributed by atoms with Crippen molar-refractivity contribution in [3.63, 3.8) is 0 Å². The van der Waals surface area contributed by atoms with Gasteiger partial charge in [-0.1, -0.05) is 12.2 Å². The fourth-order valence-electron chi connectivity index (χ4n) is 3.64. The van der Waals surface area contributed by atoms with Gasteiger partial charge in [0.2, 0.25) is 11.8 Å². The largest absolute Gasteiger partial charge is 0.486 e. The lowest BCUT2D eigenvalue weighted by Gasteiger charge is -2.19. The number of ether oxygens (including phenoxy) is 4. The van der Waals surface area contributed by atoms with Crippen LogP contribution in [-0.4, -0.2) is 38.2 Å². The molecule has 2 heterocycles. The lowest BCUT2D eigenvalue weighted by molar-refractivity contribution is -0.122. The van der Waals surface area contributed by atoms with E-state index in [1.54, 1.807) is 36.4 Å². The summed E-state index contributed by atoms with van der Waals surface area (Å²) in [5.41, 5.74) is 1.74. The van der Waals surface area contributed by atoms with Crippen molar-refractivity contribution < 1.29 is 28.5 Å². The average molecular weight is 408 g/mol. The van der Waals surface area contributed by atoms with E-state index < -0.39 is 11.8 Å². The van der Waals surface area contributed by atoms with Crippen LogP contribution >= 0.6 is 0 Å². The number of amides is 2. The van der Waals surface area contributed by atoms with Gasteiger partial charge in [0.05, 0.1) is 11.8 Å². The summed E-state index contributed by atoms with van der Waals surface area (Å²) < 4.78 is 22.0. The van der Waals surface area contributed by atoms with Crippen molar-refractivity contribution in [2.75, 3.05) is 37.1 Å². The van der Waals surface area contributed by atoms with Crippen molar-refractivity contribution in [2.45, 2.75) is 0 Å². The average Bonchev–Trinajstić information content (AvgIpc) is 3.45. The molecule has 8 heteroatoms. The lowest BCUT2D eigenvalue weighted by Crippen LogP contribution is -2.21. The second-order valence-electron chi connectivity index (χ2n) is 7.23. The van der Waals surface area contributed by atoms with E-state index in [9.17, 15) is 9.59 Å². The third kappa shape index (κ3) is 3.41. The van der Waals surface area contributed by atoms with E-state index in [0.717, 1.165) is 0 Å². The summed E-state index contributed by atoms with van der Waals surface area (Å²) in [5, 5.41) is 5.64. The molecule has 5 rings (SSSR count). The number of anilines is 2. The number of fused-ring (bicyclic) bond motifs is 2. The van der Waals surface area contributed by atoms with E-state index >= 15 is 0 Å². The number of carbonyl (C=O) groups excluding carboxylic acids is 2. The minimum absolute atomic E-state index is 0.279. The quantitative estimate of drug-likeness (QED) is 0.756. The molecule has 0 radical (unpaired) electrons. The third-order valence-corrected chi connectivity index (χ3v) is 5.21. The standard InChI is InChI=1S/C22H20N2O6/c1-12-19(21(25)23-13-2-4-15-17(10-13)29-8-6-27-15)20(12)22(26)24-14-3-5-16-18(11-14)30-9-7-28-16/h2-5,10-11,19-20H,1,6-9H2,(H,23,25)(H,24,26). The summed E-state index contributed by atoms with van der Waals surface area (Å²) in [6.45, 7) is 5.81. The number of benzene rings is 2. The summed E-state index contributed by atoms with van der Waals surface area (Å²) in [4.78, 5) is 25.3. The van der Waals surface area contributed by atoms with E-state index in [4.69, 9.17) is 18.9 Å². The first-order valence-electron chi connectivity index (χ1n) is 9.70. The van der Waals surface area contributed by atoms with Crippen molar-refractivity contribution >= 4 is 23.2 Å². The van der Waals surface area contributed by atoms with Gasteiger partial charge in [-0.15, -0.1) is 0 Å². The van der Waals surface area contributed by atoms with Gasteiger partial charge >= 0.3 is 0 Å². The van der Waals surface area contributed by atoms with Crippen molar-refractivity contribution in [3.8, 4) is 23.0 Å². The van der Waals surface area contributed by atoms with Crippen LogP contribution in [0.25, 0.3) is 0 Å². The Morgan fingerprint density at radius 1 is 0.700 bits per heavy atom. The number of hydrogen-bond donors (Lipinski definition) is 2. The van der Waals surface area contributed by atoms with E-state index in [2.05, 4.69) is 17.2 Å². The molecule has 2 aromatic rings. The molecule has 0 saturated heterocycles. The molecule has 2 aromatic carbocycles. The molecule has 2 amide bonds. The Morgan fingerprint density at radius 3 is 1.53 bits per heavy atom. The summed E-state index contributed by atoms with van der Waals surface area (Å²) >= 11 is 0. The van der Waals surface area contributed by atoms with Crippen LogP contribution in [0.5, 0.6) is 23.0 Å². The molecule has 0 bridgehead atoms. The van der Waals surface area contributed by atoms with Gasteiger partial charge in [-0.2, -0.15) is 0 Å². The predicted molar refractivity (Wildman–Crippen MR) is 108 cm³/mol. The van der Waals surface area contributed by atoms with Gasteiger partial charge in [-0.25, -0.2) is 0 Å². The molecule has 1 fully saturated rings. The first-order valence-corrected chi connectivity index (χ1v) is 9.70. The number of rotatable bonds is 4. The van der Waals surface area contributed by atoms with Crippen LogP contribution in [0.15, 0.2) is 48.6 Å². The highest BCUT2D eigenvalue weighted by molar-refractivity contribution is 6.08. The molecule has 154 valence electrons. The molecule has 1 saturated carbocycles. The van der Waals surface area contributed by atoms with Gasteiger partial charge < -0.3 is 29.6 Å². The molecule has 2 aliphatic heterocycles. The van der Waals surface area contributed by atoms with E-state index in [1.807, 2.05) is 0 Å². The minimum atomic E-state index is -0.574. The maximum Gasteiger partial charge on any atom is 0.232 e. The van der Waals surface area contributed by atoms with Gasteiger partial charge in [0.1, 0.15) is 26.4 Å². The zero-order valence-corrected chi connectivity index (χ0v) is 16.1. The Hall–Kier alpha value is -3.68. The number of carbonyl (C=O) groups is 2. The molecule has 2 N–H and O–H groups in total. The normalized spacial score (nSPS) is 20.9. The Kier molecular flexibility index (Phi) is 4.46. The summed E-state index contributed by atoms with van der Waals surface area (Å²) in [5.74, 6) is 0.755. The fraction of sp³-hybridized carbons (Fsp3) is 0.273. The molecule has 2 atom stereocenters. The molecule has 0 spiro atoms. The highest BCUT2D eigenvalue weighted by Crippen LogP contribution is 2.46. The van der Waals surface area contributed by atoms with Crippen LogP contribution in [0.2, 0.25) is 0 Å². The van der Waals surface area contributed by atoms with Crippen LogP contribution in [-0.2, 0) is 9.59 Å². The lowest BCUT2D eigenvalue weighted by atomic mass is 10.2. The molecular weight excluding hydrogens is 388 g/mol. The number of nitrogens with one attached hydrogen (secondary N) is 2. The van der Waals surface area contributed by atoms with E-state index in [1.165, 1.54) is 0 Å². The van der Waals surface area contributed by atoms with Crippen LogP contribution in [0.4, 0.5) is 11.4 Å². The minimum Gasteiger partial charge on any atom is -0.486 e. The molecule has 8 nitrogen and oxygen atoms in total. The first-order chi connectivity index (χ1) is 14.6. The molecular formula is C22H20N2O6. The maximum atomic E-state index is 12.7. The van der Waals surface area contributed by atoms with Crippen molar-refractivity contribution in [1.29, 1.82) is 0 Å². The van der Waals surface area contributed by atoms with Gasteiger partial charge in [-0.05, 0) is 24.3 Å². The van der Waals surface area contributed by atoms with Gasteiger partial charge in [-0.3, -0.25) is 9.59 Å². The molecule has 0 aromatic heterocycles. The maximum absolute atomic E-state index is 12.7. The smallest absolute Gasteiger partial charge is 0.232 e. The first kappa shape index (κ1) is 18.4. The third-order valence-electron chi connectivity index (χ3n) is 5.21. The Balaban J connectivity index is 1.22. The SMILES string of the molecule is C=C1C(C(=O)Nc2ccc3c(c2)OCCO3)C1C(=O)Nc1ccc2c(c1)OCCO2. The van der Waals surface area contributed by atoms with Crippen LogP contribution in [0.1, 0.15) is 0 Å². The van der Waals surface area contributed by atoms with Gasteiger partial charge in [0.25, 0.3) is 0 Å². The van der Waals surface area contributed by atoms with Gasteiger partial charge in [0.15, 0.2) is 23.0 Å². The predicted octanol–water partition coefficient (Wildman–Crippen LogP) is 2.61. The van der Waals surface area contributed by atoms with Crippen LogP contribution in [0, 0.1) is 11.8 Å². The highest BCUT2D eigenvalue weighted by Gasteiger charge is 2.52. The summed E-state index contributed by atoms with van der Waals surface area (Å²) in [6, 6.07) is 10.4. The van der Waals surface area contributed by atoms with E-state index in [-0.39, 0.29) is 11.8 Å². The number of hydrogen-bond acceptors (Lipinski definition) is 6. The Morgan fingerprint density at radius 2 is 1.10 bits per heavy atom. The summed E-state index contributed by atoms with van der Waals surface area (Å²) in [6.07, 6.45) is 0. The molecule has 1 aliphatic carbocycles. The van der Waals surface area contributed by atoms with Crippen LogP contribution in [0.3, 0.4) is 0 Å². The van der Waals surface area contributed by atoms with Crippen molar-refractivity contribution in [2.24, 2.45) is 11.8 Å². The fourth-order valence-corrected chi connectivity index (χ4v) is 3.64. The van der Waals surface area contributed by atoms with Gasteiger partial charge in [0, 0.05) is 23.5 Å². The second kappa shape index (κ2) is 7.29. The van der Waals surface area contributed by atoms with Crippen molar-refractivity contribution in [1.82, 2.24) is 0 Å². The topological polar surface area (TPSA) is 95.1 Å². The van der Waals surface area contributed by atoms with Crippen molar-refractivity contribution in [3.05, 3.63) is 48.6 Å². The Bertz CT molecular complexity index is 968. The zero-order chi connectivity index (χ0) is 20.7. The Labute approximate surface area is 172 Å². The van der Waals surface area contributed by atoms with E-state index in [0.29, 0.717) is 66.4 Å². The molecule has 30 heavy (non-hydrogen) atoms. The highest BCUT2D eigenvalue weighted by atomic mass is 16.6. The zero-order valence-electron chi connectivity index (χ0n) is 16.1. The molecule has 2 unspecified atom stereocenters.